The Morgan fingerprint density at radius 1 is 1.56 bits per heavy atom. The van der Waals surface area contributed by atoms with Crippen molar-refractivity contribution in [2.75, 3.05) is 5.75 Å². The second kappa shape index (κ2) is 1.84. The molecule has 0 spiro atoms. The summed E-state index contributed by atoms with van der Waals surface area (Å²) in [5.41, 5.74) is 0. The fourth-order valence-electron chi connectivity index (χ4n) is 0.508. The van der Waals surface area contributed by atoms with E-state index in [9.17, 15) is 13.2 Å². The largest absolute Gasteiger partial charge is 0.294 e. The van der Waals surface area contributed by atoms with Crippen molar-refractivity contribution in [2.45, 2.75) is 0 Å². The zero-order valence-corrected chi connectivity index (χ0v) is 5.31. The number of hydrogen-bond donors (Lipinski definition) is 1. The van der Waals surface area contributed by atoms with Gasteiger partial charge in [-0.25, -0.2) is 8.42 Å². The van der Waals surface area contributed by atoms with E-state index < -0.39 is 15.8 Å². The van der Waals surface area contributed by atoms with Gasteiger partial charge in [-0.3, -0.25) is 9.52 Å². The van der Waals surface area contributed by atoms with Crippen LogP contribution >= 0.6 is 0 Å². The predicted octanol–water partition coefficient (Wildman–Crippen LogP) is -0.998. The van der Waals surface area contributed by atoms with Crippen LogP contribution < -0.4 is 4.72 Å². The summed E-state index contributed by atoms with van der Waals surface area (Å²) in [7, 11) is -3.32. The Balaban J connectivity index is 2.94. The molecule has 0 amide bonds. The molecule has 0 aromatic carbocycles. The number of sulfonamides is 1. The van der Waals surface area contributed by atoms with Crippen molar-refractivity contribution in [1.82, 2.24) is 4.72 Å². The van der Waals surface area contributed by atoms with E-state index >= 15 is 0 Å². The molecule has 1 heterocycles. The van der Waals surface area contributed by atoms with Gasteiger partial charge in [-0.1, -0.05) is 0 Å². The first-order valence-electron chi connectivity index (χ1n) is 2.29. The van der Waals surface area contributed by atoms with E-state index in [-0.39, 0.29) is 5.78 Å². The predicted molar refractivity (Wildman–Crippen MR) is 31.1 cm³/mol. The molecule has 5 heteroatoms. The zero-order valence-electron chi connectivity index (χ0n) is 4.49. The highest BCUT2D eigenvalue weighted by Gasteiger charge is 2.15. The number of allylic oxidation sites excluding steroid dienone is 1. The summed E-state index contributed by atoms with van der Waals surface area (Å²) in [5, 5.41) is 0. The van der Waals surface area contributed by atoms with Gasteiger partial charge in [0.2, 0.25) is 10.0 Å². The third kappa shape index (κ3) is 1.53. The van der Waals surface area contributed by atoms with E-state index in [1.165, 1.54) is 6.08 Å². The lowest BCUT2D eigenvalue weighted by atomic mass is 10.4. The highest BCUT2D eigenvalue weighted by molar-refractivity contribution is 7.90. The summed E-state index contributed by atoms with van der Waals surface area (Å²) in [4.78, 5) is 10.4. The molecule has 1 rings (SSSR count). The minimum Gasteiger partial charge on any atom is -0.294 e. The normalized spacial score (nSPS) is 23.3. The Labute approximate surface area is 52.6 Å². The Bertz CT molecular complexity index is 251. The van der Waals surface area contributed by atoms with Crippen LogP contribution in [0.25, 0.3) is 0 Å². The molecule has 0 radical (unpaired) electrons. The number of ketones is 1. The van der Waals surface area contributed by atoms with Gasteiger partial charge in [0, 0.05) is 6.20 Å². The van der Waals surface area contributed by atoms with Gasteiger partial charge in [0.05, 0.1) is 0 Å². The Morgan fingerprint density at radius 3 is 2.56 bits per heavy atom. The first kappa shape index (κ1) is 6.28. The lowest BCUT2D eigenvalue weighted by Crippen LogP contribution is -2.29. The monoisotopic (exact) mass is 147 g/mol. The molecule has 4 nitrogen and oxygen atoms in total. The van der Waals surface area contributed by atoms with E-state index in [4.69, 9.17) is 0 Å². The SMILES string of the molecule is O=C1C=CNS(=O)(=O)C1. The first-order valence-corrected chi connectivity index (χ1v) is 3.95. The maximum absolute atomic E-state index is 10.5. The van der Waals surface area contributed by atoms with Crippen molar-refractivity contribution in [2.24, 2.45) is 0 Å². The van der Waals surface area contributed by atoms with Gasteiger partial charge >= 0.3 is 0 Å². The summed E-state index contributed by atoms with van der Waals surface area (Å²) < 4.78 is 23.0. The number of rotatable bonds is 0. The smallest absolute Gasteiger partial charge is 0.239 e. The minimum absolute atomic E-state index is 0.381. The van der Waals surface area contributed by atoms with Crippen LogP contribution in [0.3, 0.4) is 0 Å². The average Bonchev–Trinajstić information content (AvgIpc) is 1.60. The van der Waals surface area contributed by atoms with Crippen LogP contribution in [0.4, 0.5) is 0 Å². The van der Waals surface area contributed by atoms with Crippen LogP contribution in [0.1, 0.15) is 0 Å². The lowest BCUT2D eigenvalue weighted by Gasteiger charge is -2.04. The molecule has 0 unspecified atom stereocenters. The Morgan fingerprint density at radius 2 is 2.22 bits per heavy atom. The van der Waals surface area contributed by atoms with Crippen LogP contribution in [0.15, 0.2) is 12.3 Å². The van der Waals surface area contributed by atoms with Gasteiger partial charge < -0.3 is 0 Å². The number of carbonyl (C=O) groups is 1. The van der Waals surface area contributed by atoms with Gasteiger partial charge in [0.15, 0.2) is 5.78 Å². The molecule has 1 aliphatic rings. The van der Waals surface area contributed by atoms with E-state index in [0.29, 0.717) is 0 Å². The van der Waals surface area contributed by atoms with Gasteiger partial charge in [-0.15, -0.1) is 0 Å². The van der Waals surface area contributed by atoms with Crippen LogP contribution in [-0.4, -0.2) is 20.0 Å². The molecule has 0 aliphatic carbocycles. The minimum atomic E-state index is -3.32. The molecule has 0 aromatic heterocycles. The maximum Gasteiger partial charge on any atom is 0.239 e. The second-order valence-electron chi connectivity index (χ2n) is 1.68. The van der Waals surface area contributed by atoms with Crippen molar-refractivity contribution < 1.29 is 13.2 Å². The third-order valence-electron chi connectivity index (χ3n) is 0.849. The van der Waals surface area contributed by atoms with Crippen LogP contribution in [0.5, 0.6) is 0 Å². The Hall–Kier alpha value is -0.840. The molecule has 0 fully saturated rings. The van der Waals surface area contributed by atoms with Crippen molar-refractivity contribution in [3.63, 3.8) is 0 Å². The molecule has 50 valence electrons. The van der Waals surface area contributed by atoms with Crippen LogP contribution in [0, 0.1) is 0 Å². The van der Waals surface area contributed by atoms with Gasteiger partial charge in [0.1, 0.15) is 5.75 Å². The summed E-state index contributed by atoms with van der Waals surface area (Å²) in [6.07, 6.45) is 2.32. The summed E-state index contributed by atoms with van der Waals surface area (Å²) in [6, 6.07) is 0. The van der Waals surface area contributed by atoms with Crippen molar-refractivity contribution >= 4 is 15.8 Å². The topological polar surface area (TPSA) is 63.2 Å². The quantitative estimate of drug-likeness (QED) is 0.478. The van der Waals surface area contributed by atoms with Gasteiger partial charge in [-0.05, 0) is 6.08 Å². The van der Waals surface area contributed by atoms with Crippen LogP contribution in [0.2, 0.25) is 0 Å². The third-order valence-corrected chi connectivity index (χ3v) is 2.01. The fraction of sp³-hybridized carbons (Fsp3) is 0.250. The molecule has 0 atom stereocenters. The van der Waals surface area contributed by atoms with Crippen LogP contribution in [-0.2, 0) is 14.8 Å². The molecule has 1 N–H and O–H groups in total. The van der Waals surface area contributed by atoms with E-state index in [1.54, 1.807) is 0 Å². The van der Waals surface area contributed by atoms with Crippen molar-refractivity contribution in [3.8, 4) is 0 Å². The van der Waals surface area contributed by atoms with E-state index in [2.05, 4.69) is 4.72 Å². The molecular weight excluding hydrogens is 142 g/mol. The molecular formula is C4H5NO3S. The van der Waals surface area contributed by atoms with Crippen molar-refractivity contribution in [3.05, 3.63) is 12.3 Å². The van der Waals surface area contributed by atoms with Gasteiger partial charge in [-0.2, -0.15) is 0 Å². The summed E-state index contributed by atoms with van der Waals surface area (Å²) in [5.74, 6) is -0.808. The second-order valence-corrected chi connectivity index (χ2v) is 3.43. The molecule has 0 aromatic rings. The van der Waals surface area contributed by atoms with Gasteiger partial charge in [0.25, 0.3) is 0 Å². The molecule has 0 saturated heterocycles. The van der Waals surface area contributed by atoms with E-state index in [1.807, 2.05) is 0 Å². The molecule has 9 heavy (non-hydrogen) atoms. The number of hydrogen-bond acceptors (Lipinski definition) is 3. The molecule has 0 saturated carbocycles. The standard InChI is InChI=1S/C4H5NO3S/c6-4-1-2-5-9(7,8)3-4/h1-2,5H,3H2. The lowest BCUT2D eigenvalue weighted by molar-refractivity contribution is -0.112. The first-order chi connectivity index (χ1) is 4.10. The number of carbonyl (C=O) groups excluding carboxylic acids is 1. The highest BCUT2D eigenvalue weighted by Crippen LogP contribution is 1.92. The maximum atomic E-state index is 10.5. The Kier molecular flexibility index (Phi) is 1.28. The fourth-order valence-corrected chi connectivity index (χ4v) is 1.34. The van der Waals surface area contributed by atoms with Crippen molar-refractivity contribution in [1.29, 1.82) is 0 Å². The molecule has 1 aliphatic heterocycles. The zero-order chi connectivity index (χ0) is 6.91. The summed E-state index contributed by atoms with van der Waals surface area (Å²) in [6.45, 7) is 0. The van der Waals surface area contributed by atoms with E-state index in [0.717, 1.165) is 6.20 Å². The number of nitrogens with one attached hydrogen (secondary N) is 1. The molecule has 0 bridgehead atoms. The summed E-state index contributed by atoms with van der Waals surface area (Å²) >= 11 is 0. The highest BCUT2D eigenvalue weighted by atomic mass is 32.2. The average molecular weight is 147 g/mol.